The Hall–Kier alpha value is -1.45. The van der Waals surface area contributed by atoms with Gasteiger partial charge in [0, 0.05) is 22.1 Å². The lowest BCUT2D eigenvalue weighted by Gasteiger charge is -2.16. The van der Waals surface area contributed by atoms with E-state index in [-0.39, 0.29) is 24.1 Å². The largest absolute Gasteiger partial charge is 0.394 e. The fraction of sp³-hybridized carbons (Fsp3) is 0.500. The zero-order valence-corrected chi connectivity index (χ0v) is 14.9. The third kappa shape index (κ3) is 6.28. The van der Waals surface area contributed by atoms with Gasteiger partial charge in [-0.3, -0.25) is 14.6 Å². The number of amides is 1. The second-order valence-electron chi connectivity index (χ2n) is 4.90. The quantitative estimate of drug-likeness (QED) is 0.302. The highest BCUT2D eigenvalue weighted by Gasteiger charge is 2.14. The van der Waals surface area contributed by atoms with Gasteiger partial charge in [0.2, 0.25) is 5.91 Å². The van der Waals surface area contributed by atoms with Crippen LogP contribution in [-0.4, -0.2) is 50.7 Å². The number of aliphatic hydroxyl groups is 1. The summed E-state index contributed by atoms with van der Waals surface area (Å²) in [4.78, 5) is 39.7. The molecular weight excluding hydrogens is 338 g/mol. The fourth-order valence-electron chi connectivity index (χ4n) is 1.78. The Morgan fingerprint density at radius 1 is 1.39 bits per heavy atom. The second-order valence-corrected chi connectivity index (χ2v) is 7.17. The highest BCUT2D eigenvalue weighted by atomic mass is 32.2. The molecule has 0 aliphatic carbocycles. The van der Waals surface area contributed by atoms with Crippen LogP contribution in [0.25, 0.3) is 6.08 Å². The van der Waals surface area contributed by atoms with Crippen molar-refractivity contribution in [3.05, 3.63) is 37.7 Å². The van der Waals surface area contributed by atoms with Gasteiger partial charge in [0.15, 0.2) is 0 Å². The molecule has 7 nitrogen and oxygen atoms in total. The highest BCUT2D eigenvalue weighted by molar-refractivity contribution is 8.15. The molecule has 0 aliphatic rings. The number of carbonyl (C=O) groups is 1. The standard InChI is InChI=1S/C14H21N3O4S2/c1-8(4-11-9(2)15-14(21)17-13(11)20)12(19)16-10(5-18)6-23-7-22-3/h4,10,18H,5-7H2,1-3H3,(H,16,19)(H2,15,17,20,21)/b8-4-/t10-/m1/s1. The highest BCUT2D eigenvalue weighted by Crippen LogP contribution is 2.10. The zero-order valence-electron chi connectivity index (χ0n) is 13.3. The molecule has 1 aromatic rings. The molecule has 4 N–H and O–H groups in total. The average molecular weight is 359 g/mol. The van der Waals surface area contributed by atoms with E-state index >= 15 is 0 Å². The van der Waals surface area contributed by atoms with Crippen LogP contribution in [0.15, 0.2) is 15.2 Å². The van der Waals surface area contributed by atoms with Crippen LogP contribution < -0.4 is 16.6 Å². The number of aromatic amines is 2. The van der Waals surface area contributed by atoms with Gasteiger partial charge in [-0.25, -0.2) is 4.79 Å². The summed E-state index contributed by atoms with van der Waals surface area (Å²) < 4.78 is 0. The Balaban J connectivity index is 2.83. The van der Waals surface area contributed by atoms with E-state index in [1.165, 1.54) is 6.08 Å². The van der Waals surface area contributed by atoms with Crippen LogP contribution in [-0.2, 0) is 4.79 Å². The molecule has 1 rings (SSSR count). The first-order valence-electron chi connectivity index (χ1n) is 6.89. The molecule has 1 aromatic heterocycles. The van der Waals surface area contributed by atoms with Crippen LogP contribution in [0.2, 0.25) is 0 Å². The van der Waals surface area contributed by atoms with Crippen molar-refractivity contribution in [3.63, 3.8) is 0 Å². The first-order chi connectivity index (χ1) is 10.9. The number of H-pyrrole nitrogens is 2. The van der Waals surface area contributed by atoms with E-state index in [9.17, 15) is 19.5 Å². The predicted molar refractivity (Wildman–Crippen MR) is 95.9 cm³/mol. The third-order valence-electron chi connectivity index (χ3n) is 2.97. The molecule has 0 spiro atoms. The summed E-state index contributed by atoms with van der Waals surface area (Å²) in [5, 5.41) is 12.9. The Kier molecular flexibility index (Phi) is 8.21. The van der Waals surface area contributed by atoms with Crippen molar-refractivity contribution in [2.45, 2.75) is 19.9 Å². The maximum absolute atomic E-state index is 12.1. The van der Waals surface area contributed by atoms with Gasteiger partial charge in [-0.15, -0.1) is 11.8 Å². The molecule has 9 heteroatoms. The lowest BCUT2D eigenvalue weighted by atomic mass is 10.1. The number of aromatic nitrogens is 2. The first-order valence-corrected chi connectivity index (χ1v) is 9.43. The molecule has 0 aliphatic heterocycles. The van der Waals surface area contributed by atoms with Gasteiger partial charge in [0.1, 0.15) is 0 Å². The lowest BCUT2D eigenvalue weighted by Crippen LogP contribution is -2.39. The fourth-order valence-corrected chi connectivity index (χ4v) is 3.30. The number of nitrogens with one attached hydrogen (secondary N) is 3. The topological polar surface area (TPSA) is 115 Å². The zero-order chi connectivity index (χ0) is 17.4. The molecule has 0 aromatic carbocycles. The minimum atomic E-state index is -0.585. The maximum atomic E-state index is 12.1. The minimum absolute atomic E-state index is 0.154. The third-order valence-corrected chi connectivity index (χ3v) is 5.22. The van der Waals surface area contributed by atoms with Gasteiger partial charge >= 0.3 is 5.69 Å². The molecule has 0 radical (unpaired) electrons. The monoisotopic (exact) mass is 359 g/mol. The van der Waals surface area contributed by atoms with E-state index in [1.54, 1.807) is 37.4 Å². The maximum Gasteiger partial charge on any atom is 0.325 e. The second kappa shape index (κ2) is 9.64. The van der Waals surface area contributed by atoms with Crippen LogP contribution in [0, 0.1) is 6.92 Å². The summed E-state index contributed by atoms with van der Waals surface area (Å²) in [6, 6.07) is -0.349. The normalized spacial score (nSPS) is 13.0. The molecule has 0 fully saturated rings. The van der Waals surface area contributed by atoms with Gasteiger partial charge in [-0.05, 0) is 26.2 Å². The van der Waals surface area contributed by atoms with Crippen LogP contribution >= 0.6 is 23.5 Å². The molecule has 0 bridgehead atoms. The molecule has 0 unspecified atom stereocenters. The Labute approximate surface area is 142 Å². The predicted octanol–water partition coefficient (Wildman–Crippen LogP) is 0.306. The lowest BCUT2D eigenvalue weighted by molar-refractivity contribution is -0.118. The van der Waals surface area contributed by atoms with E-state index < -0.39 is 11.2 Å². The van der Waals surface area contributed by atoms with Crippen LogP contribution in [0.5, 0.6) is 0 Å². The average Bonchev–Trinajstić information content (AvgIpc) is 2.49. The summed E-state index contributed by atoms with van der Waals surface area (Å²) in [7, 11) is 0. The van der Waals surface area contributed by atoms with Gasteiger partial charge in [-0.1, -0.05) is 0 Å². The van der Waals surface area contributed by atoms with Gasteiger partial charge < -0.3 is 15.4 Å². The van der Waals surface area contributed by atoms with Crippen molar-refractivity contribution in [1.29, 1.82) is 0 Å². The van der Waals surface area contributed by atoms with Crippen LogP contribution in [0.4, 0.5) is 0 Å². The number of hydrogen-bond donors (Lipinski definition) is 4. The summed E-state index contributed by atoms with van der Waals surface area (Å²) in [5.41, 5.74) is -0.195. The molecule has 1 atom stereocenters. The minimum Gasteiger partial charge on any atom is -0.394 e. The van der Waals surface area contributed by atoms with Gasteiger partial charge in [-0.2, -0.15) is 11.8 Å². The van der Waals surface area contributed by atoms with Crippen molar-refractivity contribution < 1.29 is 9.90 Å². The number of aliphatic hydroxyl groups excluding tert-OH is 1. The SMILES string of the molecule is CSCSC[C@@H](CO)NC(=O)/C(C)=C\c1c(C)[nH]c(=O)[nH]c1=O. The summed E-state index contributed by atoms with van der Waals surface area (Å²) in [5.74, 6) is 0.244. The Morgan fingerprint density at radius 2 is 2.09 bits per heavy atom. The van der Waals surface area contributed by atoms with Gasteiger partial charge in [0.05, 0.1) is 18.2 Å². The molecule has 0 saturated heterocycles. The molecule has 1 amide bonds. The summed E-state index contributed by atoms with van der Waals surface area (Å²) in [6.45, 7) is 3.00. The van der Waals surface area contributed by atoms with Gasteiger partial charge in [0.25, 0.3) is 5.56 Å². The van der Waals surface area contributed by atoms with E-state index in [1.807, 2.05) is 6.26 Å². The van der Waals surface area contributed by atoms with Crippen LogP contribution in [0.1, 0.15) is 18.2 Å². The summed E-state index contributed by atoms with van der Waals surface area (Å²) >= 11 is 3.30. The number of thioether (sulfide) groups is 2. The molecule has 128 valence electrons. The van der Waals surface area contributed by atoms with Crippen molar-refractivity contribution in [2.24, 2.45) is 0 Å². The Morgan fingerprint density at radius 3 is 2.65 bits per heavy atom. The van der Waals surface area contributed by atoms with Crippen molar-refractivity contribution in [2.75, 3.05) is 23.7 Å². The number of carbonyl (C=O) groups excluding carboxylic acids is 1. The van der Waals surface area contributed by atoms with E-state index in [4.69, 9.17) is 0 Å². The van der Waals surface area contributed by atoms with Crippen molar-refractivity contribution >= 4 is 35.5 Å². The number of aryl methyl sites for hydroxylation is 1. The van der Waals surface area contributed by atoms with Crippen molar-refractivity contribution in [3.8, 4) is 0 Å². The van der Waals surface area contributed by atoms with Crippen molar-refractivity contribution in [1.82, 2.24) is 15.3 Å². The van der Waals surface area contributed by atoms with E-state index in [0.29, 0.717) is 17.0 Å². The summed E-state index contributed by atoms with van der Waals surface area (Å²) in [6.07, 6.45) is 3.40. The first kappa shape index (κ1) is 19.6. The molecular formula is C14H21N3O4S2. The Bertz CT molecular complexity index is 681. The number of hydrogen-bond acceptors (Lipinski definition) is 6. The van der Waals surface area contributed by atoms with Crippen LogP contribution in [0.3, 0.4) is 0 Å². The number of rotatable bonds is 8. The van der Waals surface area contributed by atoms with E-state index in [2.05, 4.69) is 15.3 Å². The molecule has 23 heavy (non-hydrogen) atoms. The smallest absolute Gasteiger partial charge is 0.325 e. The molecule has 0 saturated carbocycles. The molecule has 1 heterocycles. The van der Waals surface area contributed by atoms with E-state index in [0.717, 1.165) is 5.08 Å².